The van der Waals surface area contributed by atoms with E-state index in [0.717, 1.165) is 5.56 Å². The van der Waals surface area contributed by atoms with Gasteiger partial charge in [-0.3, -0.25) is 0 Å². The number of hydrogen-bond acceptors (Lipinski definition) is 1. The summed E-state index contributed by atoms with van der Waals surface area (Å²) >= 11 is 5.66. The molecule has 0 saturated heterocycles. The van der Waals surface area contributed by atoms with Gasteiger partial charge in [0.05, 0.1) is 6.61 Å². The summed E-state index contributed by atoms with van der Waals surface area (Å²) in [4.78, 5) is 0. The van der Waals surface area contributed by atoms with Crippen LogP contribution in [0.4, 0.5) is 0 Å². The molecule has 0 aromatic heterocycles. The Labute approximate surface area is 75.5 Å². The second kappa shape index (κ2) is 4.75. The number of rotatable bonds is 1. The fourth-order valence-corrected chi connectivity index (χ4v) is 0.822. The SMILES string of the molecule is OCc1ccccc1Cl.[Cu+2]. The molecule has 1 aromatic carbocycles. The summed E-state index contributed by atoms with van der Waals surface area (Å²) in [5, 5.41) is 9.26. The molecule has 3 heteroatoms. The van der Waals surface area contributed by atoms with Gasteiger partial charge >= 0.3 is 17.1 Å². The Morgan fingerprint density at radius 2 is 1.90 bits per heavy atom. The Kier molecular flexibility index (Phi) is 4.75. The molecule has 1 nitrogen and oxygen atoms in total. The second-order valence-corrected chi connectivity index (χ2v) is 2.16. The summed E-state index contributed by atoms with van der Waals surface area (Å²) in [6.45, 7) is 0.0136. The van der Waals surface area contributed by atoms with Crippen LogP contribution in [0.1, 0.15) is 5.56 Å². The van der Waals surface area contributed by atoms with Crippen molar-refractivity contribution in [1.29, 1.82) is 0 Å². The Hall–Kier alpha value is -0.0105. The number of hydrogen-bond donors (Lipinski definition) is 1. The van der Waals surface area contributed by atoms with Crippen molar-refractivity contribution in [3.05, 3.63) is 34.9 Å². The fourth-order valence-electron chi connectivity index (χ4n) is 0.627. The first-order valence-corrected chi connectivity index (χ1v) is 3.06. The first-order valence-electron chi connectivity index (χ1n) is 2.69. The molecule has 1 rings (SSSR count). The van der Waals surface area contributed by atoms with Gasteiger partial charge < -0.3 is 5.11 Å². The van der Waals surface area contributed by atoms with E-state index in [1.807, 2.05) is 12.1 Å². The van der Waals surface area contributed by atoms with Crippen LogP contribution >= 0.6 is 11.6 Å². The van der Waals surface area contributed by atoms with Crippen LogP contribution in [0.3, 0.4) is 0 Å². The summed E-state index contributed by atoms with van der Waals surface area (Å²) in [6, 6.07) is 7.23. The summed E-state index contributed by atoms with van der Waals surface area (Å²) in [7, 11) is 0. The van der Waals surface area contributed by atoms with Crippen molar-refractivity contribution in [2.45, 2.75) is 6.61 Å². The van der Waals surface area contributed by atoms with Crippen LogP contribution in [-0.2, 0) is 23.7 Å². The van der Waals surface area contributed by atoms with Crippen molar-refractivity contribution >= 4 is 11.6 Å². The zero-order valence-corrected chi connectivity index (χ0v) is 6.84. The van der Waals surface area contributed by atoms with E-state index < -0.39 is 0 Å². The zero-order chi connectivity index (χ0) is 6.69. The van der Waals surface area contributed by atoms with Gasteiger partial charge in [-0.1, -0.05) is 29.8 Å². The monoisotopic (exact) mass is 205 g/mol. The summed E-state index contributed by atoms with van der Waals surface area (Å²) < 4.78 is 0. The minimum Gasteiger partial charge on any atom is -0.392 e. The summed E-state index contributed by atoms with van der Waals surface area (Å²) in [5.74, 6) is 0. The molecule has 1 N–H and O–H groups in total. The van der Waals surface area contributed by atoms with Crippen LogP contribution in [0.5, 0.6) is 0 Å². The number of benzene rings is 1. The minimum absolute atomic E-state index is 0. The predicted molar refractivity (Wildman–Crippen MR) is 37.4 cm³/mol. The van der Waals surface area contributed by atoms with Gasteiger partial charge in [-0.15, -0.1) is 0 Å². The first kappa shape index (κ1) is 9.99. The standard InChI is InChI=1S/C7H7ClO.Cu/c8-7-4-2-1-3-6(7)5-9;/h1-4,9H,5H2;/q;+2. The topological polar surface area (TPSA) is 20.2 Å². The van der Waals surface area contributed by atoms with E-state index in [4.69, 9.17) is 16.7 Å². The van der Waals surface area contributed by atoms with Crippen LogP contribution in [0.25, 0.3) is 0 Å². The molecule has 0 fully saturated rings. The zero-order valence-electron chi connectivity index (χ0n) is 5.14. The molecule has 0 bridgehead atoms. The molecular formula is C7H7ClCuO+2. The average molecular weight is 206 g/mol. The molecule has 0 atom stereocenters. The fraction of sp³-hybridized carbons (Fsp3) is 0.143. The van der Waals surface area contributed by atoms with E-state index in [1.54, 1.807) is 12.1 Å². The Bertz CT molecular complexity index is 203. The molecule has 1 aromatic rings. The van der Waals surface area contributed by atoms with Crippen LogP contribution in [0.2, 0.25) is 5.02 Å². The molecule has 0 aliphatic heterocycles. The predicted octanol–water partition coefficient (Wildman–Crippen LogP) is 1.83. The van der Waals surface area contributed by atoms with Crippen molar-refractivity contribution in [3.63, 3.8) is 0 Å². The molecule has 0 amide bonds. The van der Waals surface area contributed by atoms with E-state index in [1.165, 1.54) is 0 Å². The first-order chi connectivity index (χ1) is 4.34. The van der Waals surface area contributed by atoms with Gasteiger partial charge in [0.15, 0.2) is 0 Å². The van der Waals surface area contributed by atoms with Gasteiger partial charge in [0, 0.05) is 5.02 Å². The molecule has 0 heterocycles. The van der Waals surface area contributed by atoms with Crippen molar-refractivity contribution in [3.8, 4) is 0 Å². The van der Waals surface area contributed by atoms with Gasteiger partial charge in [0.25, 0.3) is 0 Å². The van der Waals surface area contributed by atoms with Crippen LogP contribution in [-0.4, -0.2) is 5.11 Å². The Morgan fingerprint density at radius 1 is 1.30 bits per heavy atom. The van der Waals surface area contributed by atoms with Crippen molar-refractivity contribution in [2.75, 3.05) is 0 Å². The molecule has 57 valence electrons. The molecule has 0 saturated carbocycles. The third kappa shape index (κ3) is 2.31. The number of aliphatic hydroxyl groups is 1. The van der Waals surface area contributed by atoms with Crippen molar-refractivity contribution in [1.82, 2.24) is 0 Å². The maximum Gasteiger partial charge on any atom is 2.00 e. The Morgan fingerprint density at radius 3 is 2.30 bits per heavy atom. The van der Waals surface area contributed by atoms with E-state index in [0.29, 0.717) is 5.02 Å². The maximum absolute atomic E-state index is 8.63. The molecule has 0 aliphatic rings. The molecule has 10 heavy (non-hydrogen) atoms. The van der Waals surface area contributed by atoms with Gasteiger partial charge in [-0.2, -0.15) is 0 Å². The second-order valence-electron chi connectivity index (χ2n) is 1.75. The van der Waals surface area contributed by atoms with E-state index >= 15 is 0 Å². The molecule has 0 spiro atoms. The third-order valence-electron chi connectivity index (χ3n) is 1.13. The smallest absolute Gasteiger partial charge is 0.392 e. The third-order valence-corrected chi connectivity index (χ3v) is 1.50. The summed E-state index contributed by atoms with van der Waals surface area (Å²) in [6.07, 6.45) is 0. The normalized spacial score (nSPS) is 8.60. The number of aliphatic hydroxyl groups excluding tert-OH is 1. The molecule has 0 unspecified atom stereocenters. The van der Waals surface area contributed by atoms with Gasteiger partial charge in [0.2, 0.25) is 0 Å². The van der Waals surface area contributed by atoms with Gasteiger partial charge in [-0.05, 0) is 11.6 Å². The molecule has 0 aliphatic carbocycles. The van der Waals surface area contributed by atoms with E-state index in [9.17, 15) is 0 Å². The van der Waals surface area contributed by atoms with E-state index in [-0.39, 0.29) is 23.7 Å². The van der Waals surface area contributed by atoms with Crippen molar-refractivity contribution < 1.29 is 22.2 Å². The minimum atomic E-state index is 0. The quantitative estimate of drug-likeness (QED) is 0.695. The van der Waals surface area contributed by atoms with Crippen LogP contribution in [0, 0.1) is 0 Å². The van der Waals surface area contributed by atoms with Crippen molar-refractivity contribution in [2.24, 2.45) is 0 Å². The van der Waals surface area contributed by atoms with Crippen LogP contribution < -0.4 is 0 Å². The molecule has 1 radical (unpaired) electrons. The van der Waals surface area contributed by atoms with E-state index in [2.05, 4.69) is 0 Å². The van der Waals surface area contributed by atoms with Gasteiger partial charge in [0.1, 0.15) is 0 Å². The largest absolute Gasteiger partial charge is 2.00 e. The van der Waals surface area contributed by atoms with Gasteiger partial charge in [-0.25, -0.2) is 0 Å². The average Bonchev–Trinajstić information content (AvgIpc) is 1.89. The molecular weight excluding hydrogens is 199 g/mol. The number of halogens is 1. The summed E-state index contributed by atoms with van der Waals surface area (Å²) in [5.41, 5.74) is 0.777. The Balaban J connectivity index is 0.000000810. The maximum atomic E-state index is 8.63. The van der Waals surface area contributed by atoms with Crippen LogP contribution in [0.15, 0.2) is 24.3 Å².